The minimum Gasteiger partial charge on any atom is -0.340 e. The first-order chi connectivity index (χ1) is 18.3. The number of aryl methyl sites for hydroxylation is 3. The van der Waals surface area contributed by atoms with E-state index in [9.17, 15) is 13.2 Å². The van der Waals surface area contributed by atoms with E-state index in [1.165, 1.54) is 0 Å². The third-order valence-electron chi connectivity index (χ3n) is 7.15. The van der Waals surface area contributed by atoms with Gasteiger partial charge in [-0.05, 0) is 80.8 Å². The molecule has 10 nitrogen and oxygen atoms in total. The Kier molecular flexibility index (Phi) is 7.57. The third-order valence-corrected chi connectivity index (χ3v) is 9.04. The number of benzene rings is 1. The summed E-state index contributed by atoms with van der Waals surface area (Å²) in [5.74, 6) is 1.41. The third kappa shape index (κ3) is 6.11. The number of fused-ring (bicyclic) bond motifs is 6. The summed E-state index contributed by atoms with van der Waals surface area (Å²) in [6.45, 7) is 4.57. The lowest BCUT2D eigenvalue weighted by molar-refractivity contribution is -0.117. The summed E-state index contributed by atoms with van der Waals surface area (Å²) in [5.41, 5.74) is 5.45. The van der Waals surface area contributed by atoms with Crippen LogP contribution in [0.1, 0.15) is 42.9 Å². The molecule has 0 saturated carbocycles. The van der Waals surface area contributed by atoms with Crippen LogP contribution in [0, 0.1) is 12.8 Å². The van der Waals surface area contributed by atoms with E-state index in [4.69, 9.17) is 0 Å². The van der Waals surface area contributed by atoms with Gasteiger partial charge in [-0.2, -0.15) is 4.98 Å². The highest BCUT2D eigenvalue weighted by Crippen LogP contribution is 2.29. The predicted octanol–water partition coefficient (Wildman–Crippen LogP) is 4.16. The van der Waals surface area contributed by atoms with E-state index in [0.717, 1.165) is 40.2 Å². The number of anilines is 5. The average molecular weight is 536 g/mol. The topological polar surface area (TPSA) is 129 Å². The van der Waals surface area contributed by atoms with Crippen molar-refractivity contribution in [2.24, 2.45) is 5.92 Å². The number of sulfonamides is 1. The molecule has 4 heterocycles. The van der Waals surface area contributed by atoms with Gasteiger partial charge in [-0.3, -0.25) is 9.78 Å². The number of pyridine rings is 1. The smallest absolute Gasteiger partial charge is 0.229 e. The van der Waals surface area contributed by atoms with Crippen LogP contribution in [0.4, 0.5) is 28.8 Å². The molecule has 3 aromatic rings. The summed E-state index contributed by atoms with van der Waals surface area (Å²) in [7, 11) is -3.18. The molecule has 1 aromatic carbocycles. The summed E-state index contributed by atoms with van der Waals surface area (Å²) < 4.78 is 25.8. The molecule has 2 aliphatic heterocycles. The van der Waals surface area contributed by atoms with E-state index in [1.54, 1.807) is 23.6 Å². The van der Waals surface area contributed by atoms with Gasteiger partial charge in [0, 0.05) is 48.8 Å². The molecule has 6 bridgehead atoms. The molecule has 2 aliphatic rings. The Morgan fingerprint density at radius 1 is 1.08 bits per heavy atom. The van der Waals surface area contributed by atoms with Crippen molar-refractivity contribution >= 4 is 44.8 Å². The number of carbonyl (C=O) groups is 1. The number of hydrogen-bond donors (Lipinski definition) is 3. The van der Waals surface area contributed by atoms with Crippen molar-refractivity contribution in [3.8, 4) is 0 Å². The maximum atomic E-state index is 13.0. The molecule has 200 valence electrons. The number of carbonyl (C=O) groups excluding carboxylic acids is 1. The van der Waals surface area contributed by atoms with Gasteiger partial charge in [-0.25, -0.2) is 17.7 Å². The number of nitrogens with one attached hydrogen (secondary N) is 3. The molecule has 0 atom stereocenters. The maximum absolute atomic E-state index is 13.0. The van der Waals surface area contributed by atoms with Gasteiger partial charge in [0.05, 0.1) is 17.6 Å². The van der Waals surface area contributed by atoms with Crippen LogP contribution in [-0.2, 0) is 27.7 Å². The Hall–Kier alpha value is -3.57. The van der Waals surface area contributed by atoms with Gasteiger partial charge in [0.25, 0.3) is 0 Å². The van der Waals surface area contributed by atoms with Gasteiger partial charge < -0.3 is 16.0 Å². The first-order valence-electron chi connectivity index (χ1n) is 13.0. The molecular formula is C27H33N7O3S. The van der Waals surface area contributed by atoms with Crippen molar-refractivity contribution in [3.05, 3.63) is 59.5 Å². The van der Waals surface area contributed by atoms with Crippen molar-refractivity contribution in [1.29, 1.82) is 0 Å². The van der Waals surface area contributed by atoms with Crippen LogP contribution in [0.15, 0.2) is 42.9 Å². The van der Waals surface area contributed by atoms with Gasteiger partial charge in [0.1, 0.15) is 5.82 Å². The van der Waals surface area contributed by atoms with E-state index in [-0.39, 0.29) is 17.6 Å². The van der Waals surface area contributed by atoms with Crippen LogP contribution < -0.4 is 16.0 Å². The van der Waals surface area contributed by atoms with E-state index >= 15 is 0 Å². The number of amides is 1. The molecule has 0 spiro atoms. The van der Waals surface area contributed by atoms with Gasteiger partial charge in [-0.1, -0.05) is 0 Å². The van der Waals surface area contributed by atoms with Crippen LogP contribution in [0.2, 0.25) is 0 Å². The number of piperidine rings is 1. The molecule has 38 heavy (non-hydrogen) atoms. The molecule has 0 aliphatic carbocycles. The molecule has 2 aromatic heterocycles. The minimum absolute atomic E-state index is 0.0502. The highest BCUT2D eigenvalue weighted by Gasteiger charge is 2.28. The summed E-state index contributed by atoms with van der Waals surface area (Å²) >= 11 is 0. The first kappa shape index (κ1) is 26.1. The molecule has 0 radical (unpaired) electrons. The molecule has 5 rings (SSSR count). The summed E-state index contributed by atoms with van der Waals surface area (Å²) in [5, 5.41) is 9.74. The zero-order valence-electron chi connectivity index (χ0n) is 21.7. The molecule has 11 heteroatoms. The Morgan fingerprint density at radius 3 is 2.68 bits per heavy atom. The van der Waals surface area contributed by atoms with E-state index < -0.39 is 10.0 Å². The number of aromatic nitrogens is 3. The Balaban J connectivity index is 1.33. The summed E-state index contributed by atoms with van der Waals surface area (Å²) in [6.07, 6.45) is 8.58. The van der Waals surface area contributed by atoms with E-state index in [0.29, 0.717) is 50.5 Å². The normalized spacial score (nSPS) is 16.3. The quantitative estimate of drug-likeness (QED) is 0.444. The van der Waals surface area contributed by atoms with Gasteiger partial charge in [0.15, 0.2) is 0 Å². The molecule has 1 fully saturated rings. The van der Waals surface area contributed by atoms with Crippen molar-refractivity contribution in [2.45, 2.75) is 46.0 Å². The minimum atomic E-state index is -3.18. The summed E-state index contributed by atoms with van der Waals surface area (Å²) in [4.78, 5) is 26.4. The second-order valence-corrected chi connectivity index (χ2v) is 12.2. The molecular weight excluding hydrogens is 502 g/mol. The number of nitrogens with zero attached hydrogens (tertiary/aromatic N) is 4. The van der Waals surface area contributed by atoms with Crippen molar-refractivity contribution < 1.29 is 13.2 Å². The molecule has 1 amide bonds. The van der Waals surface area contributed by atoms with Gasteiger partial charge in [-0.15, -0.1) is 0 Å². The highest BCUT2D eigenvalue weighted by atomic mass is 32.2. The Morgan fingerprint density at radius 2 is 1.89 bits per heavy atom. The second-order valence-electron chi connectivity index (χ2n) is 9.92. The SMILES string of the molecule is CCS(=O)(=O)N1CCC(CC(=O)Nc2ccc3cc2CCc2cncc(c2)Nc2ncc(C)c(n2)N3)CC1. The standard InChI is InChI=1S/C27H33N7O3S/c1-3-38(36,37)34-10-8-19(9-11-34)13-25(35)32-24-7-6-22-14-21(24)5-4-20-12-23(17-28-16-20)31-27-29-15-18(2)26(30-22)33-27/h6-7,12,14-17,19H,3-5,8-11,13H2,1-2H3,(H,32,35)(H2,29,30,31,33). The van der Waals surface area contributed by atoms with Crippen molar-refractivity contribution in [3.63, 3.8) is 0 Å². The fourth-order valence-corrected chi connectivity index (χ4v) is 6.04. The number of hydrogen-bond acceptors (Lipinski definition) is 8. The van der Waals surface area contributed by atoms with E-state index in [2.05, 4.69) is 30.9 Å². The average Bonchev–Trinajstić information content (AvgIpc) is 2.91. The fraction of sp³-hybridized carbons (Fsp3) is 0.407. The molecule has 1 saturated heterocycles. The van der Waals surface area contributed by atoms with Crippen molar-refractivity contribution in [1.82, 2.24) is 19.3 Å². The lowest BCUT2D eigenvalue weighted by Gasteiger charge is -2.30. The highest BCUT2D eigenvalue weighted by molar-refractivity contribution is 7.89. The van der Waals surface area contributed by atoms with Crippen LogP contribution in [0.25, 0.3) is 0 Å². The van der Waals surface area contributed by atoms with Gasteiger partial charge in [0.2, 0.25) is 21.9 Å². The van der Waals surface area contributed by atoms with E-state index in [1.807, 2.05) is 37.4 Å². The van der Waals surface area contributed by atoms with Crippen LogP contribution >= 0.6 is 0 Å². The van der Waals surface area contributed by atoms with Crippen LogP contribution in [0.3, 0.4) is 0 Å². The van der Waals surface area contributed by atoms with Gasteiger partial charge >= 0.3 is 0 Å². The maximum Gasteiger partial charge on any atom is 0.229 e. The monoisotopic (exact) mass is 535 g/mol. The lowest BCUT2D eigenvalue weighted by atomic mass is 9.94. The zero-order valence-corrected chi connectivity index (χ0v) is 22.5. The lowest BCUT2D eigenvalue weighted by Crippen LogP contribution is -2.39. The Labute approximate surface area is 223 Å². The van der Waals surface area contributed by atoms with Crippen LogP contribution in [-0.4, -0.2) is 52.4 Å². The predicted molar refractivity (Wildman–Crippen MR) is 148 cm³/mol. The van der Waals surface area contributed by atoms with Crippen LogP contribution in [0.5, 0.6) is 0 Å². The second kappa shape index (κ2) is 11.0. The molecule has 3 N–H and O–H groups in total. The number of rotatable bonds is 5. The largest absolute Gasteiger partial charge is 0.340 e. The zero-order chi connectivity index (χ0) is 26.7. The fourth-order valence-electron chi connectivity index (χ4n) is 4.90. The first-order valence-corrected chi connectivity index (χ1v) is 14.6. The van der Waals surface area contributed by atoms with Crippen molar-refractivity contribution in [2.75, 3.05) is 34.8 Å². The Bertz CT molecular complexity index is 1440. The summed E-state index contributed by atoms with van der Waals surface area (Å²) in [6, 6.07) is 7.95. The molecule has 0 unspecified atom stereocenters.